The molecular formula is C19H26N2OS. The summed E-state index contributed by atoms with van der Waals surface area (Å²) in [4.78, 5) is 16.0. The van der Waals surface area contributed by atoms with Crippen molar-refractivity contribution >= 4 is 22.2 Å². The van der Waals surface area contributed by atoms with Crippen LogP contribution in [0.1, 0.15) is 47.1 Å². The molecule has 0 saturated carbocycles. The first kappa shape index (κ1) is 17.5. The summed E-state index contributed by atoms with van der Waals surface area (Å²) in [5, 5.41) is 0.631. The van der Waals surface area contributed by atoms with E-state index >= 15 is 0 Å². The number of amides is 1. The van der Waals surface area contributed by atoms with Crippen LogP contribution in [0.25, 0.3) is 11.1 Å². The number of nitrogen functional groups attached to an aromatic ring is 1. The first-order valence-corrected chi connectivity index (χ1v) is 9.04. The highest BCUT2D eigenvalue weighted by Crippen LogP contribution is 2.40. The number of nitrogens with zero attached hydrogens (tertiary/aromatic N) is 1. The van der Waals surface area contributed by atoms with Crippen molar-refractivity contribution in [3.63, 3.8) is 0 Å². The van der Waals surface area contributed by atoms with Gasteiger partial charge in [-0.2, -0.15) is 0 Å². The second kappa shape index (κ2) is 7.18. The Morgan fingerprint density at radius 1 is 1.13 bits per heavy atom. The molecule has 1 amide bonds. The van der Waals surface area contributed by atoms with Gasteiger partial charge in [-0.25, -0.2) is 0 Å². The van der Waals surface area contributed by atoms with Gasteiger partial charge in [-0.05, 0) is 50.8 Å². The number of hydrogen-bond acceptors (Lipinski definition) is 3. The molecule has 124 valence electrons. The van der Waals surface area contributed by atoms with E-state index < -0.39 is 0 Å². The van der Waals surface area contributed by atoms with Crippen LogP contribution >= 0.6 is 11.3 Å². The van der Waals surface area contributed by atoms with E-state index in [0.717, 1.165) is 17.5 Å². The zero-order valence-electron chi connectivity index (χ0n) is 14.7. The summed E-state index contributed by atoms with van der Waals surface area (Å²) in [5.41, 5.74) is 11.5. The van der Waals surface area contributed by atoms with Gasteiger partial charge in [0.1, 0.15) is 0 Å². The van der Waals surface area contributed by atoms with E-state index in [1.54, 1.807) is 11.3 Å². The Kier molecular flexibility index (Phi) is 5.47. The van der Waals surface area contributed by atoms with E-state index in [0.29, 0.717) is 23.7 Å². The van der Waals surface area contributed by atoms with Crippen LogP contribution in [0.5, 0.6) is 0 Å². The normalized spacial score (nSPS) is 10.8. The fourth-order valence-electron chi connectivity index (χ4n) is 2.83. The molecule has 0 radical (unpaired) electrons. The van der Waals surface area contributed by atoms with Crippen molar-refractivity contribution in [1.29, 1.82) is 0 Å². The number of nitrogens with two attached hydrogens (primary N) is 1. The third-order valence-electron chi connectivity index (χ3n) is 4.39. The average Bonchev–Trinajstić information content (AvgIpc) is 2.87. The van der Waals surface area contributed by atoms with Crippen LogP contribution in [0.2, 0.25) is 0 Å². The Hall–Kier alpha value is -1.81. The van der Waals surface area contributed by atoms with E-state index in [1.165, 1.54) is 16.0 Å². The van der Waals surface area contributed by atoms with Gasteiger partial charge in [0.25, 0.3) is 5.91 Å². The van der Waals surface area contributed by atoms with Crippen LogP contribution in [0.4, 0.5) is 5.00 Å². The molecule has 1 aromatic heterocycles. The maximum Gasteiger partial charge on any atom is 0.257 e. The largest absolute Gasteiger partial charge is 0.390 e. The number of hydrogen-bond donors (Lipinski definition) is 1. The minimum atomic E-state index is 0.0386. The number of carbonyl (C=O) groups is 1. The monoisotopic (exact) mass is 330 g/mol. The fourth-order valence-corrected chi connectivity index (χ4v) is 3.85. The smallest absolute Gasteiger partial charge is 0.257 e. The first-order valence-electron chi connectivity index (χ1n) is 8.22. The minimum absolute atomic E-state index is 0.0386. The summed E-state index contributed by atoms with van der Waals surface area (Å²) < 4.78 is 0. The molecule has 2 rings (SSSR count). The molecule has 0 saturated heterocycles. The Morgan fingerprint density at radius 3 is 2.30 bits per heavy atom. The van der Waals surface area contributed by atoms with Crippen molar-refractivity contribution in [2.75, 3.05) is 18.8 Å². The third kappa shape index (κ3) is 3.27. The Balaban J connectivity index is 2.66. The molecule has 0 aliphatic heterocycles. The number of aryl methyl sites for hydroxylation is 3. The Labute approximate surface area is 143 Å². The molecule has 2 aromatic rings. The molecule has 2 N–H and O–H groups in total. The topological polar surface area (TPSA) is 46.3 Å². The summed E-state index contributed by atoms with van der Waals surface area (Å²) in [5.74, 6) is 0.0386. The highest BCUT2D eigenvalue weighted by molar-refractivity contribution is 7.17. The highest BCUT2D eigenvalue weighted by Gasteiger charge is 2.25. The molecule has 23 heavy (non-hydrogen) atoms. The lowest BCUT2D eigenvalue weighted by Gasteiger charge is -2.20. The van der Waals surface area contributed by atoms with Gasteiger partial charge in [-0.1, -0.05) is 25.1 Å². The van der Waals surface area contributed by atoms with E-state index in [4.69, 9.17) is 5.73 Å². The van der Waals surface area contributed by atoms with Crippen molar-refractivity contribution in [3.8, 4) is 11.1 Å². The molecule has 0 atom stereocenters. The second-order valence-electron chi connectivity index (χ2n) is 5.77. The van der Waals surface area contributed by atoms with Gasteiger partial charge in [0.2, 0.25) is 0 Å². The van der Waals surface area contributed by atoms with E-state index in [9.17, 15) is 4.79 Å². The number of benzene rings is 1. The van der Waals surface area contributed by atoms with Gasteiger partial charge in [0.15, 0.2) is 0 Å². The van der Waals surface area contributed by atoms with Crippen LogP contribution in [0.15, 0.2) is 18.2 Å². The number of rotatable bonds is 5. The number of anilines is 1. The SMILES string of the molecule is CCc1sc(N)c(C(=O)N(CC)CC)c1-c1ccc(C)c(C)c1. The molecule has 3 nitrogen and oxygen atoms in total. The quantitative estimate of drug-likeness (QED) is 0.866. The summed E-state index contributed by atoms with van der Waals surface area (Å²) >= 11 is 1.54. The zero-order chi connectivity index (χ0) is 17.1. The maximum atomic E-state index is 13.0. The third-order valence-corrected chi connectivity index (χ3v) is 5.55. The zero-order valence-corrected chi connectivity index (χ0v) is 15.5. The van der Waals surface area contributed by atoms with Gasteiger partial charge in [-0.15, -0.1) is 11.3 Å². The Morgan fingerprint density at radius 2 is 1.78 bits per heavy atom. The summed E-state index contributed by atoms with van der Waals surface area (Å²) in [7, 11) is 0. The van der Waals surface area contributed by atoms with E-state index in [2.05, 4.69) is 39.0 Å². The standard InChI is InChI=1S/C19H26N2OS/c1-6-15-16(14-10-9-12(4)13(5)11-14)17(18(20)23-15)19(22)21(7-2)8-3/h9-11H,6-8,20H2,1-5H3. The van der Waals surface area contributed by atoms with Gasteiger partial charge < -0.3 is 10.6 Å². The van der Waals surface area contributed by atoms with Crippen LogP contribution in [-0.4, -0.2) is 23.9 Å². The first-order chi connectivity index (χ1) is 10.9. The lowest BCUT2D eigenvalue weighted by Crippen LogP contribution is -2.31. The minimum Gasteiger partial charge on any atom is -0.390 e. The van der Waals surface area contributed by atoms with Gasteiger partial charge >= 0.3 is 0 Å². The van der Waals surface area contributed by atoms with Gasteiger partial charge in [0.05, 0.1) is 10.6 Å². The second-order valence-corrected chi connectivity index (χ2v) is 6.91. The Bertz CT molecular complexity index is 714. The van der Waals surface area contributed by atoms with Crippen LogP contribution in [-0.2, 0) is 6.42 Å². The van der Waals surface area contributed by atoms with Crippen molar-refractivity contribution in [3.05, 3.63) is 39.8 Å². The maximum absolute atomic E-state index is 13.0. The molecule has 0 fully saturated rings. The predicted molar refractivity (Wildman–Crippen MR) is 100 cm³/mol. The molecule has 0 aliphatic carbocycles. The average molecular weight is 330 g/mol. The number of carbonyl (C=O) groups excluding carboxylic acids is 1. The van der Waals surface area contributed by atoms with E-state index in [-0.39, 0.29) is 5.91 Å². The lowest BCUT2D eigenvalue weighted by atomic mass is 9.96. The predicted octanol–water partition coefficient (Wildman–Crippen LogP) is 4.66. The molecule has 1 heterocycles. The molecule has 0 unspecified atom stereocenters. The highest BCUT2D eigenvalue weighted by atomic mass is 32.1. The van der Waals surface area contributed by atoms with Gasteiger partial charge in [0, 0.05) is 23.5 Å². The van der Waals surface area contributed by atoms with Crippen LogP contribution in [0, 0.1) is 13.8 Å². The van der Waals surface area contributed by atoms with Crippen molar-refractivity contribution in [2.24, 2.45) is 0 Å². The molecule has 4 heteroatoms. The summed E-state index contributed by atoms with van der Waals surface area (Å²) in [6.07, 6.45) is 0.878. The van der Waals surface area contributed by atoms with Gasteiger partial charge in [-0.3, -0.25) is 4.79 Å². The molecule has 0 spiro atoms. The van der Waals surface area contributed by atoms with Crippen LogP contribution < -0.4 is 5.73 Å². The van der Waals surface area contributed by atoms with Crippen LogP contribution in [0.3, 0.4) is 0 Å². The fraction of sp³-hybridized carbons (Fsp3) is 0.421. The van der Waals surface area contributed by atoms with Crippen molar-refractivity contribution in [1.82, 2.24) is 4.90 Å². The van der Waals surface area contributed by atoms with E-state index in [1.807, 2.05) is 18.7 Å². The molecular weight excluding hydrogens is 304 g/mol. The summed E-state index contributed by atoms with van der Waals surface area (Å²) in [6, 6.07) is 6.38. The lowest BCUT2D eigenvalue weighted by molar-refractivity contribution is 0.0775. The molecule has 1 aromatic carbocycles. The van der Waals surface area contributed by atoms with Crippen molar-refractivity contribution < 1.29 is 4.79 Å². The summed E-state index contributed by atoms with van der Waals surface area (Å²) in [6.45, 7) is 11.7. The molecule has 0 aliphatic rings. The number of thiophene rings is 1. The van der Waals surface area contributed by atoms with Crippen molar-refractivity contribution in [2.45, 2.75) is 41.0 Å². The molecule has 0 bridgehead atoms.